The maximum atomic E-state index is 14.8. The Kier molecular flexibility index (Phi) is 8.87. The zero-order valence-corrected chi connectivity index (χ0v) is 21.0. The van der Waals surface area contributed by atoms with Gasteiger partial charge in [-0.25, -0.2) is 13.2 Å². The highest BCUT2D eigenvalue weighted by molar-refractivity contribution is 5.84. The molecular formula is C29H29F3N2O4. The number of carbonyl (C=O) groups is 1. The van der Waals surface area contributed by atoms with Gasteiger partial charge in [0.1, 0.15) is 23.2 Å². The topological polar surface area (TPSA) is 82.9 Å². The molecule has 0 amide bonds. The SMILES string of the molecule is COc1ccc2ncc(F)c([C@@H](O)CC[C@@H]3CCN(CC#Cc4cc(F)cc(F)c4)C[C@H]3CC(=O)O)c2c1. The van der Waals surface area contributed by atoms with Gasteiger partial charge in [-0.2, -0.15) is 0 Å². The molecule has 0 unspecified atom stereocenters. The van der Waals surface area contributed by atoms with Gasteiger partial charge in [-0.3, -0.25) is 14.7 Å². The van der Waals surface area contributed by atoms with Gasteiger partial charge in [-0.1, -0.05) is 11.8 Å². The van der Waals surface area contributed by atoms with E-state index in [-0.39, 0.29) is 35.8 Å². The van der Waals surface area contributed by atoms with Crippen molar-refractivity contribution >= 4 is 16.9 Å². The summed E-state index contributed by atoms with van der Waals surface area (Å²) in [7, 11) is 1.51. The Labute approximate surface area is 219 Å². The van der Waals surface area contributed by atoms with Crippen molar-refractivity contribution in [2.24, 2.45) is 11.8 Å². The molecule has 0 radical (unpaired) electrons. The Morgan fingerprint density at radius 2 is 1.95 bits per heavy atom. The summed E-state index contributed by atoms with van der Waals surface area (Å²) in [6, 6.07) is 8.17. The molecule has 1 saturated heterocycles. The number of aliphatic carboxylic acids is 1. The number of nitrogens with zero attached hydrogens (tertiary/aromatic N) is 2. The van der Waals surface area contributed by atoms with Gasteiger partial charge < -0.3 is 14.9 Å². The molecule has 0 spiro atoms. The number of benzene rings is 2. The number of fused-ring (bicyclic) bond motifs is 1. The molecule has 3 atom stereocenters. The molecule has 1 aromatic heterocycles. The Balaban J connectivity index is 1.42. The van der Waals surface area contributed by atoms with Crippen LogP contribution >= 0.6 is 0 Å². The van der Waals surface area contributed by atoms with Crippen LogP contribution < -0.4 is 4.74 Å². The molecule has 2 N–H and O–H groups in total. The van der Waals surface area contributed by atoms with Gasteiger partial charge in [0.25, 0.3) is 0 Å². The van der Waals surface area contributed by atoms with Crippen molar-refractivity contribution in [2.75, 3.05) is 26.7 Å². The second kappa shape index (κ2) is 12.3. The second-order valence-corrected chi connectivity index (χ2v) is 9.60. The van der Waals surface area contributed by atoms with Crippen LogP contribution in [0.1, 0.15) is 42.9 Å². The standard InChI is InChI=1S/C29H29F3N2O4/c1-38-23-5-6-26-24(15-23)29(25(32)16-33-26)27(35)7-4-19-8-10-34(17-20(19)13-28(36)37)9-2-3-18-11-21(30)14-22(31)12-18/h5-6,11-12,14-16,19-20,27,35H,4,7-10,13,17H2,1H3,(H,36,37)/t19-,20-,27+/m1/s1. The first-order chi connectivity index (χ1) is 18.2. The molecule has 1 aliphatic heterocycles. The third-order valence-corrected chi connectivity index (χ3v) is 7.02. The largest absolute Gasteiger partial charge is 0.497 e. The van der Waals surface area contributed by atoms with Crippen LogP contribution in [0.4, 0.5) is 13.2 Å². The van der Waals surface area contributed by atoms with Crippen LogP contribution in [0.5, 0.6) is 5.75 Å². The quantitative estimate of drug-likeness (QED) is 0.405. The second-order valence-electron chi connectivity index (χ2n) is 9.60. The highest BCUT2D eigenvalue weighted by atomic mass is 19.1. The minimum Gasteiger partial charge on any atom is -0.497 e. The van der Waals surface area contributed by atoms with E-state index in [2.05, 4.69) is 16.8 Å². The van der Waals surface area contributed by atoms with Gasteiger partial charge in [-0.15, -0.1) is 0 Å². The molecule has 4 rings (SSSR count). The number of carboxylic acid groups (broad SMARTS) is 1. The third-order valence-electron chi connectivity index (χ3n) is 7.02. The van der Waals surface area contributed by atoms with E-state index < -0.39 is 29.5 Å². The number of pyridine rings is 1. The third kappa shape index (κ3) is 6.82. The fourth-order valence-electron chi connectivity index (χ4n) is 5.16. The van der Waals surface area contributed by atoms with Gasteiger partial charge in [0.2, 0.25) is 0 Å². The molecule has 6 nitrogen and oxygen atoms in total. The summed E-state index contributed by atoms with van der Waals surface area (Å²) in [5.74, 6) is 3.13. The lowest BCUT2D eigenvalue weighted by molar-refractivity contribution is -0.139. The number of hydrogen-bond donors (Lipinski definition) is 2. The molecule has 0 bridgehead atoms. The number of aliphatic hydroxyl groups is 1. The molecule has 38 heavy (non-hydrogen) atoms. The summed E-state index contributed by atoms with van der Waals surface area (Å²) in [6.07, 6.45) is 1.44. The first-order valence-electron chi connectivity index (χ1n) is 12.4. The Bertz CT molecular complexity index is 1350. The highest BCUT2D eigenvalue weighted by Crippen LogP contribution is 2.35. The molecule has 2 aromatic carbocycles. The van der Waals surface area contributed by atoms with Gasteiger partial charge in [-0.05, 0) is 68.0 Å². The zero-order valence-electron chi connectivity index (χ0n) is 21.0. The van der Waals surface area contributed by atoms with Crippen molar-refractivity contribution in [1.82, 2.24) is 9.88 Å². The maximum absolute atomic E-state index is 14.8. The smallest absolute Gasteiger partial charge is 0.303 e. The number of halogens is 3. The monoisotopic (exact) mass is 526 g/mol. The normalized spacial score (nSPS) is 18.6. The number of likely N-dealkylation sites (tertiary alicyclic amines) is 1. The minimum absolute atomic E-state index is 0.0213. The van der Waals surface area contributed by atoms with Crippen LogP contribution in [0.2, 0.25) is 0 Å². The number of aliphatic hydroxyl groups excluding tert-OH is 1. The van der Waals surface area contributed by atoms with E-state index in [1.165, 1.54) is 7.11 Å². The van der Waals surface area contributed by atoms with Crippen LogP contribution in [0.25, 0.3) is 10.9 Å². The Hall–Kier alpha value is -3.61. The van der Waals surface area contributed by atoms with E-state index >= 15 is 0 Å². The summed E-state index contributed by atoms with van der Waals surface area (Å²) < 4.78 is 46.7. The van der Waals surface area contributed by atoms with Crippen molar-refractivity contribution in [3.05, 3.63) is 71.2 Å². The number of hydrogen-bond acceptors (Lipinski definition) is 5. The highest BCUT2D eigenvalue weighted by Gasteiger charge is 2.31. The summed E-state index contributed by atoms with van der Waals surface area (Å²) in [6.45, 7) is 1.48. The number of methoxy groups -OCH3 is 1. The van der Waals surface area contributed by atoms with E-state index in [1.807, 2.05) is 4.90 Å². The van der Waals surface area contributed by atoms with E-state index in [4.69, 9.17) is 4.74 Å². The average Bonchev–Trinajstić information content (AvgIpc) is 2.86. The van der Waals surface area contributed by atoms with Crippen molar-refractivity contribution in [2.45, 2.75) is 31.8 Å². The van der Waals surface area contributed by atoms with Crippen LogP contribution in [0, 0.1) is 41.1 Å². The molecule has 200 valence electrons. The van der Waals surface area contributed by atoms with Gasteiger partial charge in [0.15, 0.2) is 0 Å². The fraction of sp³-hybridized carbons (Fsp3) is 0.379. The first kappa shape index (κ1) is 27.4. The number of rotatable bonds is 8. The van der Waals surface area contributed by atoms with Crippen LogP contribution in [-0.2, 0) is 4.79 Å². The molecule has 1 aliphatic rings. The van der Waals surface area contributed by atoms with Gasteiger partial charge in [0, 0.05) is 35.5 Å². The molecule has 0 aliphatic carbocycles. The number of ether oxygens (including phenoxy) is 1. The molecule has 3 aromatic rings. The number of aromatic nitrogens is 1. The predicted molar refractivity (Wildman–Crippen MR) is 136 cm³/mol. The predicted octanol–water partition coefficient (Wildman–Crippen LogP) is 4.94. The van der Waals surface area contributed by atoms with Crippen LogP contribution in [0.3, 0.4) is 0 Å². The molecular weight excluding hydrogens is 497 g/mol. The minimum atomic E-state index is -1.09. The lowest BCUT2D eigenvalue weighted by atomic mass is 9.79. The summed E-state index contributed by atoms with van der Waals surface area (Å²) in [5.41, 5.74) is 0.938. The lowest BCUT2D eigenvalue weighted by Crippen LogP contribution is -2.41. The zero-order chi connectivity index (χ0) is 27.2. The van der Waals surface area contributed by atoms with E-state index in [9.17, 15) is 28.2 Å². The van der Waals surface area contributed by atoms with Crippen molar-refractivity contribution in [3.63, 3.8) is 0 Å². The Morgan fingerprint density at radius 3 is 2.66 bits per heavy atom. The van der Waals surface area contributed by atoms with Gasteiger partial charge in [0.05, 0.1) is 31.5 Å². The van der Waals surface area contributed by atoms with E-state index in [0.717, 1.165) is 24.4 Å². The number of carboxylic acids is 1. The average molecular weight is 527 g/mol. The molecule has 9 heteroatoms. The molecule has 2 heterocycles. The maximum Gasteiger partial charge on any atom is 0.303 e. The molecule has 0 saturated carbocycles. The van der Waals surface area contributed by atoms with Crippen molar-refractivity contribution in [1.29, 1.82) is 0 Å². The Morgan fingerprint density at radius 1 is 1.18 bits per heavy atom. The first-order valence-corrected chi connectivity index (χ1v) is 12.4. The van der Waals surface area contributed by atoms with Gasteiger partial charge >= 0.3 is 5.97 Å². The van der Waals surface area contributed by atoms with Crippen LogP contribution in [0.15, 0.2) is 42.6 Å². The molecule has 1 fully saturated rings. The van der Waals surface area contributed by atoms with E-state index in [1.54, 1.807) is 18.2 Å². The summed E-state index contributed by atoms with van der Waals surface area (Å²) in [5, 5.41) is 20.9. The van der Waals surface area contributed by atoms with Crippen LogP contribution in [-0.4, -0.2) is 52.8 Å². The number of piperidine rings is 1. The fourth-order valence-corrected chi connectivity index (χ4v) is 5.16. The summed E-state index contributed by atoms with van der Waals surface area (Å²) >= 11 is 0. The van der Waals surface area contributed by atoms with Crippen molar-refractivity contribution < 1.29 is 32.9 Å². The van der Waals surface area contributed by atoms with E-state index in [0.29, 0.717) is 49.1 Å². The lowest BCUT2D eigenvalue weighted by Gasteiger charge is -2.37. The summed E-state index contributed by atoms with van der Waals surface area (Å²) in [4.78, 5) is 17.7. The van der Waals surface area contributed by atoms with Crippen molar-refractivity contribution in [3.8, 4) is 17.6 Å².